The number of thioether (sulfide) groups is 1. The maximum atomic E-state index is 13.0. The molecule has 0 aliphatic carbocycles. The summed E-state index contributed by atoms with van der Waals surface area (Å²) >= 11 is 1.45. The van der Waals surface area contributed by atoms with E-state index in [0.29, 0.717) is 24.5 Å². The first kappa shape index (κ1) is 24.8. The molecule has 2 aliphatic heterocycles. The molecular formula is C25H26N6O5S. The molecule has 1 saturated heterocycles. The molecule has 2 aliphatic rings. The topological polar surface area (TPSA) is 121 Å². The second kappa shape index (κ2) is 11.0. The standard InChI is InChI=1S/C25H26N6O5S/c1-34-19-10-8-17(9-11-19)13-30-22(27-28-29-30)20-18(15-37-24-21(35-2)23(32)31(20)24)14-36-25(33)26-12-16-6-4-3-5-7-16/h3-11,15,20-21,24H,12-14H2,1-2H3,(H,26,33)/t20?,21-,24+/m0/s1. The monoisotopic (exact) mass is 522 g/mol. The summed E-state index contributed by atoms with van der Waals surface area (Å²) in [6, 6.07) is 16.5. The molecule has 3 atom stereocenters. The maximum absolute atomic E-state index is 13.0. The van der Waals surface area contributed by atoms with Crippen LogP contribution in [-0.4, -0.2) is 69.4 Å². The first-order valence-corrected chi connectivity index (χ1v) is 12.6. The normalized spacial score (nSPS) is 20.5. The van der Waals surface area contributed by atoms with Crippen molar-refractivity contribution in [3.8, 4) is 5.75 Å². The van der Waals surface area contributed by atoms with Gasteiger partial charge in [-0.2, -0.15) is 0 Å². The third-order valence-electron chi connectivity index (χ3n) is 6.22. The van der Waals surface area contributed by atoms with Gasteiger partial charge in [0.05, 0.1) is 13.7 Å². The van der Waals surface area contributed by atoms with Crippen LogP contribution in [0.1, 0.15) is 23.0 Å². The van der Waals surface area contributed by atoms with E-state index in [2.05, 4.69) is 20.8 Å². The van der Waals surface area contributed by atoms with Gasteiger partial charge in [0.2, 0.25) is 0 Å². The molecule has 2 amide bonds. The lowest BCUT2D eigenvalue weighted by molar-refractivity contribution is -0.166. The van der Waals surface area contributed by atoms with Crippen molar-refractivity contribution in [1.82, 2.24) is 30.4 Å². The van der Waals surface area contributed by atoms with Gasteiger partial charge in [-0.25, -0.2) is 9.48 Å². The first-order valence-electron chi connectivity index (χ1n) is 11.6. The molecule has 0 radical (unpaired) electrons. The molecule has 1 N–H and O–H groups in total. The van der Waals surface area contributed by atoms with E-state index in [0.717, 1.165) is 16.9 Å². The predicted molar refractivity (Wildman–Crippen MR) is 134 cm³/mol. The van der Waals surface area contributed by atoms with E-state index in [9.17, 15) is 9.59 Å². The van der Waals surface area contributed by atoms with Crippen molar-refractivity contribution < 1.29 is 23.8 Å². The van der Waals surface area contributed by atoms with E-state index < -0.39 is 18.2 Å². The molecule has 12 heteroatoms. The number of aromatic nitrogens is 4. The molecule has 3 heterocycles. The van der Waals surface area contributed by atoms with Crippen LogP contribution in [0.25, 0.3) is 0 Å². The van der Waals surface area contributed by atoms with Gasteiger partial charge in [-0.1, -0.05) is 42.5 Å². The zero-order valence-corrected chi connectivity index (χ0v) is 21.1. The Kier molecular flexibility index (Phi) is 7.37. The Morgan fingerprint density at radius 1 is 1.08 bits per heavy atom. The second-order valence-electron chi connectivity index (χ2n) is 8.48. The number of benzene rings is 2. The van der Waals surface area contributed by atoms with Gasteiger partial charge in [-0.15, -0.1) is 16.9 Å². The molecule has 3 aromatic rings. The van der Waals surface area contributed by atoms with Crippen molar-refractivity contribution in [3.63, 3.8) is 0 Å². The van der Waals surface area contributed by atoms with Crippen molar-refractivity contribution in [2.45, 2.75) is 30.6 Å². The highest BCUT2D eigenvalue weighted by atomic mass is 32.2. The average molecular weight is 523 g/mol. The number of fused-ring (bicyclic) bond motifs is 1. The van der Waals surface area contributed by atoms with E-state index in [-0.39, 0.29) is 17.9 Å². The van der Waals surface area contributed by atoms with E-state index in [1.165, 1.54) is 18.9 Å². The van der Waals surface area contributed by atoms with Crippen LogP contribution in [-0.2, 0) is 27.4 Å². The SMILES string of the molecule is COc1ccc(Cn2nnnc2C2C(COC(=O)NCc3ccccc3)=CS[C@@H]3[C@@H](OC)C(=O)N23)cc1. The fraction of sp³-hybridized carbons (Fsp3) is 0.320. The Morgan fingerprint density at radius 3 is 2.59 bits per heavy atom. The molecule has 37 heavy (non-hydrogen) atoms. The smallest absolute Gasteiger partial charge is 0.407 e. The van der Waals surface area contributed by atoms with Crippen LogP contribution in [0.4, 0.5) is 4.79 Å². The first-order chi connectivity index (χ1) is 18.1. The molecule has 2 aromatic carbocycles. The molecule has 0 saturated carbocycles. The second-order valence-corrected chi connectivity index (χ2v) is 9.47. The Labute approximate surface area is 217 Å². The third kappa shape index (κ3) is 5.16. The van der Waals surface area contributed by atoms with Crippen molar-refractivity contribution in [1.29, 1.82) is 0 Å². The van der Waals surface area contributed by atoms with E-state index in [1.54, 1.807) is 16.7 Å². The number of hydrogen-bond donors (Lipinski definition) is 1. The van der Waals surface area contributed by atoms with Crippen LogP contribution >= 0.6 is 11.8 Å². The zero-order chi connectivity index (χ0) is 25.8. The van der Waals surface area contributed by atoms with Crippen LogP contribution in [0.2, 0.25) is 0 Å². The summed E-state index contributed by atoms with van der Waals surface area (Å²) in [6.07, 6.45) is -1.11. The molecule has 1 aromatic heterocycles. The number of nitrogens with zero attached hydrogens (tertiary/aromatic N) is 5. The number of rotatable bonds is 9. The van der Waals surface area contributed by atoms with Crippen LogP contribution in [0.5, 0.6) is 5.75 Å². The van der Waals surface area contributed by atoms with Gasteiger partial charge in [-0.3, -0.25) is 4.79 Å². The Hall–Kier alpha value is -3.90. The third-order valence-corrected chi connectivity index (χ3v) is 7.41. The lowest BCUT2D eigenvalue weighted by Gasteiger charge is -2.51. The van der Waals surface area contributed by atoms with Crippen LogP contribution in [0, 0.1) is 0 Å². The number of amides is 2. The van der Waals surface area contributed by atoms with Crippen molar-refractivity contribution in [2.75, 3.05) is 20.8 Å². The number of β-lactam (4-membered cyclic amide) rings is 1. The lowest BCUT2D eigenvalue weighted by Crippen LogP contribution is -2.66. The van der Waals surface area contributed by atoms with Gasteiger partial charge in [0.25, 0.3) is 5.91 Å². The minimum atomic E-state index is -0.597. The number of hydrogen-bond acceptors (Lipinski definition) is 9. The molecule has 5 rings (SSSR count). The summed E-state index contributed by atoms with van der Waals surface area (Å²) in [5.41, 5.74) is 2.62. The minimum Gasteiger partial charge on any atom is -0.497 e. The number of nitrogens with one attached hydrogen (secondary N) is 1. The van der Waals surface area contributed by atoms with Crippen molar-refractivity contribution >= 4 is 23.8 Å². The number of carbonyl (C=O) groups excluding carboxylic acids is 2. The van der Waals surface area contributed by atoms with Gasteiger partial charge >= 0.3 is 6.09 Å². The summed E-state index contributed by atoms with van der Waals surface area (Å²) in [5.74, 6) is 1.06. The van der Waals surface area contributed by atoms with Gasteiger partial charge in [0.15, 0.2) is 11.9 Å². The highest BCUT2D eigenvalue weighted by Gasteiger charge is 2.55. The largest absolute Gasteiger partial charge is 0.497 e. The molecular weight excluding hydrogens is 496 g/mol. The molecule has 0 bridgehead atoms. The predicted octanol–water partition coefficient (Wildman–Crippen LogP) is 2.51. The lowest BCUT2D eigenvalue weighted by atomic mass is 9.99. The molecule has 192 valence electrons. The molecule has 1 fully saturated rings. The van der Waals surface area contributed by atoms with E-state index in [4.69, 9.17) is 14.2 Å². The van der Waals surface area contributed by atoms with Crippen LogP contribution < -0.4 is 10.1 Å². The van der Waals surface area contributed by atoms with Crippen LogP contribution in [0.15, 0.2) is 65.6 Å². The number of tetrazole rings is 1. The average Bonchev–Trinajstić information content (AvgIpc) is 3.39. The van der Waals surface area contributed by atoms with E-state index >= 15 is 0 Å². The summed E-state index contributed by atoms with van der Waals surface area (Å²) in [4.78, 5) is 27.1. The minimum absolute atomic E-state index is 0.0260. The number of carbonyl (C=O) groups is 2. The van der Waals surface area contributed by atoms with Gasteiger partial charge in [0, 0.05) is 19.2 Å². The quantitative estimate of drug-likeness (QED) is 0.423. The Balaban J connectivity index is 1.33. The summed E-state index contributed by atoms with van der Waals surface area (Å²) in [7, 11) is 3.13. The molecule has 0 spiro atoms. The maximum Gasteiger partial charge on any atom is 0.407 e. The highest BCUT2D eigenvalue weighted by molar-refractivity contribution is 8.02. The Morgan fingerprint density at radius 2 is 1.86 bits per heavy atom. The highest BCUT2D eigenvalue weighted by Crippen LogP contribution is 2.46. The summed E-state index contributed by atoms with van der Waals surface area (Å²) in [6.45, 7) is 0.711. The fourth-order valence-corrected chi connectivity index (χ4v) is 5.52. The fourth-order valence-electron chi connectivity index (χ4n) is 4.28. The Bertz CT molecular complexity index is 1280. The molecule has 1 unspecified atom stereocenters. The van der Waals surface area contributed by atoms with Crippen molar-refractivity contribution in [3.05, 3.63) is 82.5 Å². The van der Waals surface area contributed by atoms with Gasteiger partial charge in [-0.05, 0) is 39.1 Å². The summed E-state index contributed by atoms with van der Waals surface area (Å²) < 4.78 is 17.8. The summed E-state index contributed by atoms with van der Waals surface area (Å²) in [5, 5.41) is 16.8. The van der Waals surface area contributed by atoms with Crippen LogP contribution in [0.3, 0.4) is 0 Å². The number of alkyl carbamates (subject to hydrolysis) is 1. The van der Waals surface area contributed by atoms with E-state index in [1.807, 2.05) is 60.0 Å². The molecule has 11 nitrogen and oxygen atoms in total. The van der Waals surface area contributed by atoms with Gasteiger partial charge in [0.1, 0.15) is 23.8 Å². The number of ether oxygens (including phenoxy) is 3. The number of methoxy groups -OCH3 is 2. The van der Waals surface area contributed by atoms with Gasteiger partial charge < -0.3 is 24.4 Å². The van der Waals surface area contributed by atoms with Crippen molar-refractivity contribution in [2.24, 2.45) is 0 Å². The zero-order valence-electron chi connectivity index (χ0n) is 20.3.